The number of nitrogens with two attached hydrogens (primary N) is 1. The third-order valence-corrected chi connectivity index (χ3v) is 3.97. The van der Waals surface area contributed by atoms with Gasteiger partial charge in [0.2, 0.25) is 11.8 Å². The average Bonchev–Trinajstić information content (AvgIpc) is 2.86. The summed E-state index contributed by atoms with van der Waals surface area (Å²) in [5.41, 5.74) is 3.85. The minimum Gasteiger partial charge on any atom is -0.419 e. The minimum atomic E-state index is -4.80. The summed E-state index contributed by atoms with van der Waals surface area (Å²) in [5.74, 6) is -0.304. The highest BCUT2D eigenvalue weighted by molar-refractivity contribution is 5.05. The Kier molecular flexibility index (Phi) is 3.86. The quantitative estimate of drug-likeness (QED) is 0.857. The highest BCUT2D eigenvalue weighted by atomic mass is 19.4. The van der Waals surface area contributed by atoms with Gasteiger partial charge < -0.3 is 14.9 Å². The van der Waals surface area contributed by atoms with Gasteiger partial charge in [-0.2, -0.15) is 0 Å². The van der Waals surface area contributed by atoms with Gasteiger partial charge in [-0.15, -0.1) is 23.4 Å². The van der Waals surface area contributed by atoms with E-state index in [1.165, 1.54) is 0 Å². The first-order chi connectivity index (χ1) is 10.3. The number of alkyl halides is 4. The lowest BCUT2D eigenvalue weighted by Crippen LogP contribution is -2.42. The molecule has 1 aliphatic carbocycles. The van der Waals surface area contributed by atoms with Crippen molar-refractivity contribution in [1.82, 2.24) is 10.2 Å². The highest BCUT2D eigenvalue weighted by Gasteiger charge is 2.52. The van der Waals surface area contributed by atoms with E-state index in [4.69, 9.17) is 14.9 Å². The van der Waals surface area contributed by atoms with Crippen molar-refractivity contribution in [2.75, 3.05) is 6.61 Å². The summed E-state index contributed by atoms with van der Waals surface area (Å²) in [4.78, 5) is 0. The van der Waals surface area contributed by atoms with Crippen molar-refractivity contribution in [1.29, 1.82) is 0 Å². The van der Waals surface area contributed by atoms with Crippen LogP contribution in [0.4, 0.5) is 17.6 Å². The molecular formula is C12H15F4N3O3. The zero-order valence-corrected chi connectivity index (χ0v) is 11.5. The van der Waals surface area contributed by atoms with Crippen LogP contribution in [0.5, 0.6) is 0 Å². The van der Waals surface area contributed by atoms with Crippen LogP contribution in [0, 0.1) is 0 Å². The molecule has 22 heavy (non-hydrogen) atoms. The molecule has 1 aliphatic heterocycles. The fourth-order valence-corrected chi connectivity index (χ4v) is 2.58. The lowest BCUT2D eigenvalue weighted by molar-refractivity contribution is -0.387. The van der Waals surface area contributed by atoms with E-state index in [0.29, 0.717) is 6.42 Å². The van der Waals surface area contributed by atoms with Crippen LogP contribution in [0.25, 0.3) is 0 Å². The Hall–Kier alpha value is -1.26. The van der Waals surface area contributed by atoms with E-state index in [1.807, 2.05) is 0 Å². The molecule has 0 bridgehead atoms. The number of ether oxygens (including phenoxy) is 2. The van der Waals surface area contributed by atoms with Crippen LogP contribution in [0.15, 0.2) is 4.42 Å². The van der Waals surface area contributed by atoms with Crippen molar-refractivity contribution in [3.8, 4) is 0 Å². The van der Waals surface area contributed by atoms with Gasteiger partial charge in [0, 0.05) is 6.42 Å². The maximum Gasteiger partial charge on any atom is 0.523 e. The van der Waals surface area contributed by atoms with Crippen molar-refractivity contribution in [3.05, 3.63) is 11.8 Å². The fourth-order valence-electron chi connectivity index (χ4n) is 2.58. The fraction of sp³-hybridized carbons (Fsp3) is 0.833. The normalized spacial score (nSPS) is 31.8. The predicted octanol–water partition coefficient (Wildman–Crippen LogP) is 2.11. The molecule has 2 fully saturated rings. The molecule has 3 rings (SSSR count). The van der Waals surface area contributed by atoms with Crippen molar-refractivity contribution >= 4 is 0 Å². The number of hydrogen-bond donors (Lipinski definition) is 1. The topological polar surface area (TPSA) is 83.4 Å². The van der Waals surface area contributed by atoms with Crippen LogP contribution < -0.4 is 5.73 Å². The molecule has 1 aromatic heterocycles. The first-order valence-corrected chi connectivity index (χ1v) is 6.91. The van der Waals surface area contributed by atoms with Gasteiger partial charge in [-0.3, -0.25) is 4.74 Å². The first-order valence-electron chi connectivity index (χ1n) is 6.91. The molecular weight excluding hydrogens is 310 g/mol. The molecule has 0 aromatic carbocycles. The zero-order valence-electron chi connectivity index (χ0n) is 11.5. The van der Waals surface area contributed by atoms with Crippen LogP contribution in [0.3, 0.4) is 0 Å². The van der Waals surface area contributed by atoms with E-state index in [-0.39, 0.29) is 37.7 Å². The second kappa shape index (κ2) is 5.43. The number of aromatic nitrogens is 2. The third-order valence-electron chi connectivity index (χ3n) is 3.97. The molecule has 6 nitrogen and oxygen atoms in total. The van der Waals surface area contributed by atoms with Gasteiger partial charge in [-0.05, 0) is 19.3 Å². The van der Waals surface area contributed by atoms with Gasteiger partial charge in [0.05, 0.1) is 12.6 Å². The van der Waals surface area contributed by atoms with E-state index < -0.39 is 30.3 Å². The Balaban J connectivity index is 1.76. The lowest BCUT2D eigenvalue weighted by Gasteiger charge is -2.38. The van der Waals surface area contributed by atoms with Crippen LogP contribution in [-0.4, -0.2) is 35.4 Å². The molecule has 2 aliphatic rings. The largest absolute Gasteiger partial charge is 0.523 e. The highest BCUT2D eigenvalue weighted by Crippen LogP contribution is 2.48. The van der Waals surface area contributed by atoms with Crippen LogP contribution >= 0.6 is 0 Å². The zero-order chi connectivity index (χ0) is 16.0. The molecule has 0 amide bonds. The maximum atomic E-state index is 13.6. The molecule has 0 spiro atoms. The van der Waals surface area contributed by atoms with Gasteiger partial charge in [0.1, 0.15) is 12.3 Å². The summed E-state index contributed by atoms with van der Waals surface area (Å²) in [6, 6.07) is -0.731. The monoisotopic (exact) mass is 325 g/mol. The van der Waals surface area contributed by atoms with E-state index in [1.54, 1.807) is 0 Å². The Bertz CT molecular complexity index is 532. The summed E-state index contributed by atoms with van der Waals surface area (Å²) in [5, 5.41) is 7.32. The average molecular weight is 325 g/mol. The van der Waals surface area contributed by atoms with Crippen LogP contribution in [0.2, 0.25) is 0 Å². The molecule has 3 atom stereocenters. The summed E-state index contributed by atoms with van der Waals surface area (Å²) < 4.78 is 65.9. The van der Waals surface area contributed by atoms with Gasteiger partial charge in [0.25, 0.3) is 0 Å². The Morgan fingerprint density at radius 1 is 1.27 bits per heavy atom. The molecule has 10 heteroatoms. The second-order valence-electron chi connectivity index (χ2n) is 5.58. The molecule has 0 radical (unpaired) electrons. The Morgan fingerprint density at radius 2 is 2.00 bits per heavy atom. The SMILES string of the molecule is N[C@H]1CO[C@H](c2nnc(C3(OC(F)(F)F)CCC3)o2)C[C@@H]1F. The summed E-state index contributed by atoms with van der Waals surface area (Å²) in [6.45, 7) is -0.0201. The molecule has 2 heterocycles. The number of halogens is 4. The maximum absolute atomic E-state index is 13.6. The Morgan fingerprint density at radius 3 is 2.55 bits per heavy atom. The number of rotatable bonds is 3. The standard InChI is InChI=1S/C12H15F4N3O3/c13-6-4-8(20-5-7(6)17)9-18-19-10(21-9)11(2-1-3-11)22-12(14,15)16/h6-8H,1-5,17H2/t6-,7-,8-/m0/s1. The third kappa shape index (κ3) is 2.95. The minimum absolute atomic E-state index is 0.0201. The van der Waals surface area contributed by atoms with Gasteiger partial charge in [0.15, 0.2) is 5.60 Å². The van der Waals surface area contributed by atoms with E-state index >= 15 is 0 Å². The molecule has 2 N–H and O–H groups in total. The Labute approximate surface area is 123 Å². The van der Waals surface area contributed by atoms with Crippen LogP contribution in [0.1, 0.15) is 43.6 Å². The number of nitrogens with zero attached hydrogens (tertiary/aromatic N) is 2. The van der Waals surface area contributed by atoms with Crippen LogP contribution in [-0.2, 0) is 15.1 Å². The van der Waals surface area contributed by atoms with E-state index in [0.717, 1.165) is 0 Å². The van der Waals surface area contributed by atoms with Crippen molar-refractivity contribution in [3.63, 3.8) is 0 Å². The van der Waals surface area contributed by atoms with Gasteiger partial charge in [-0.25, -0.2) is 4.39 Å². The smallest absolute Gasteiger partial charge is 0.419 e. The van der Waals surface area contributed by atoms with E-state index in [9.17, 15) is 17.6 Å². The molecule has 1 aromatic rings. The van der Waals surface area contributed by atoms with Crippen molar-refractivity contribution < 1.29 is 31.5 Å². The second-order valence-corrected chi connectivity index (χ2v) is 5.58. The first kappa shape index (κ1) is 15.6. The van der Waals surface area contributed by atoms with Crippen molar-refractivity contribution in [2.45, 2.75) is 56.0 Å². The number of hydrogen-bond acceptors (Lipinski definition) is 6. The van der Waals surface area contributed by atoms with Gasteiger partial charge >= 0.3 is 6.36 Å². The molecule has 124 valence electrons. The predicted molar refractivity (Wildman–Crippen MR) is 63.1 cm³/mol. The molecule has 1 saturated carbocycles. The van der Waals surface area contributed by atoms with E-state index in [2.05, 4.69) is 14.9 Å². The summed E-state index contributed by atoms with van der Waals surface area (Å²) in [6.07, 6.45) is -6.14. The molecule has 1 saturated heterocycles. The molecule has 0 unspecified atom stereocenters. The van der Waals surface area contributed by atoms with Gasteiger partial charge in [-0.1, -0.05) is 0 Å². The summed E-state index contributed by atoms with van der Waals surface area (Å²) in [7, 11) is 0. The van der Waals surface area contributed by atoms with Crippen molar-refractivity contribution in [2.24, 2.45) is 5.73 Å². The lowest BCUT2D eigenvalue weighted by atomic mass is 9.80. The summed E-state index contributed by atoms with van der Waals surface area (Å²) >= 11 is 0.